The minimum Gasteiger partial charge on any atom is -0.495 e. The van der Waals surface area contributed by atoms with E-state index in [0.29, 0.717) is 6.61 Å². The predicted octanol–water partition coefficient (Wildman–Crippen LogP) is 3.85. The molecule has 0 fully saturated rings. The summed E-state index contributed by atoms with van der Waals surface area (Å²) < 4.78 is 77.8. The van der Waals surface area contributed by atoms with Crippen molar-refractivity contribution < 1.29 is 31.1 Å². The summed E-state index contributed by atoms with van der Waals surface area (Å²) in [5.41, 5.74) is -1.23. The zero-order chi connectivity index (χ0) is 25.4. The molecular weight excluding hydrogens is 487 g/mol. The maximum absolute atomic E-state index is 14.1. The van der Waals surface area contributed by atoms with E-state index in [9.17, 15) is 21.6 Å². The Morgan fingerprint density at radius 1 is 1.06 bits per heavy atom. The van der Waals surface area contributed by atoms with Gasteiger partial charge in [0.15, 0.2) is 27.0 Å². The van der Waals surface area contributed by atoms with Gasteiger partial charge in [-0.1, -0.05) is 12.1 Å². The molecule has 3 heterocycles. The topological polar surface area (TPSA) is 109 Å². The molecule has 0 unspecified atom stereocenters. The summed E-state index contributed by atoms with van der Waals surface area (Å²) >= 11 is 0. The van der Waals surface area contributed by atoms with Crippen LogP contribution in [-0.2, 0) is 21.8 Å². The standard InChI is InChI=1S/C22H20F3N5O4S/c1-4-34-17-10-6-8-15(28-17)20-29-19-21(27-13(11-26-19)12-35(3,31)32)30(20)18-14(22(23,24)25)7-5-9-16(18)33-2/h5-11H,4,12H2,1-3H3. The Bertz CT molecular complexity index is 1500. The lowest BCUT2D eigenvalue weighted by molar-refractivity contribution is -0.137. The Morgan fingerprint density at radius 3 is 2.46 bits per heavy atom. The third kappa shape index (κ3) is 5.04. The lowest BCUT2D eigenvalue weighted by Gasteiger charge is -2.18. The van der Waals surface area contributed by atoms with Gasteiger partial charge in [-0.25, -0.2) is 28.4 Å². The molecule has 4 aromatic rings. The molecule has 4 rings (SSSR count). The van der Waals surface area contributed by atoms with Gasteiger partial charge in [0.05, 0.1) is 36.9 Å². The number of methoxy groups -OCH3 is 1. The number of fused-ring (bicyclic) bond motifs is 1. The predicted molar refractivity (Wildman–Crippen MR) is 121 cm³/mol. The van der Waals surface area contributed by atoms with Crippen LogP contribution in [-0.4, -0.2) is 52.9 Å². The van der Waals surface area contributed by atoms with E-state index in [1.165, 1.54) is 25.4 Å². The van der Waals surface area contributed by atoms with Gasteiger partial charge in [-0.2, -0.15) is 13.2 Å². The van der Waals surface area contributed by atoms with E-state index in [0.717, 1.165) is 16.9 Å². The summed E-state index contributed by atoms with van der Waals surface area (Å²) in [6.07, 6.45) is -2.51. The number of rotatable bonds is 7. The highest BCUT2D eigenvalue weighted by Gasteiger charge is 2.37. The molecule has 184 valence electrons. The Labute approximate surface area is 198 Å². The Morgan fingerprint density at radius 2 is 1.80 bits per heavy atom. The summed E-state index contributed by atoms with van der Waals surface area (Å²) in [6.45, 7) is 2.10. The monoisotopic (exact) mass is 507 g/mol. The number of hydrogen-bond donors (Lipinski definition) is 0. The third-order valence-corrected chi connectivity index (χ3v) is 5.64. The SMILES string of the molecule is CCOc1cccc(-c2nc3ncc(CS(C)(=O)=O)nc3n2-c2c(OC)cccc2C(F)(F)F)n1. The van der Waals surface area contributed by atoms with Crippen molar-refractivity contribution >= 4 is 21.1 Å². The molecule has 0 amide bonds. The van der Waals surface area contributed by atoms with Crippen molar-refractivity contribution in [2.24, 2.45) is 0 Å². The maximum Gasteiger partial charge on any atom is 0.418 e. The van der Waals surface area contributed by atoms with Crippen LogP contribution < -0.4 is 9.47 Å². The first kappa shape index (κ1) is 24.4. The number of benzene rings is 1. The smallest absolute Gasteiger partial charge is 0.418 e. The second-order valence-electron chi connectivity index (χ2n) is 7.50. The van der Waals surface area contributed by atoms with Crippen LogP contribution in [0, 0.1) is 0 Å². The molecule has 35 heavy (non-hydrogen) atoms. The Hall–Kier alpha value is -3.74. The van der Waals surface area contributed by atoms with Crippen molar-refractivity contribution in [2.45, 2.75) is 18.9 Å². The number of halogens is 3. The normalized spacial score (nSPS) is 12.2. The van der Waals surface area contributed by atoms with Crippen LogP contribution in [0.3, 0.4) is 0 Å². The van der Waals surface area contributed by atoms with Crippen molar-refractivity contribution in [1.82, 2.24) is 24.5 Å². The van der Waals surface area contributed by atoms with Crippen LogP contribution in [0.4, 0.5) is 13.2 Å². The van der Waals surface area contributed by atoms with Gasteiger partial charge in [-0.3, -0.25) is 4.57 Å². The molecule has 13 heteroatoms. The highest BCUT2D eigenvalue weighted by Crippen LogP contribution is 2.41. The van der Waals surface area contributed by atoms with Crippen LogP contribution in [0.15, 0.2) is 42.6 Å². The Balaban J connectivity index is 2.11. The number of para-hydroxylation sites is 1. The van der Waals surface area contributed by atoms with Gasteiger partial charge < -0.3 is 9.47 Å². The molecule has 0 saturated heterocycles. The van der Waals surface area contributed by atoms with E-state index < -0.39 is 27.3 Å². The van der Waals surface area contributed by atoms with Gasteiger partial charge in [0, 0.05) is 12.3 Å². The summed E-state index contributed by atoms with van der Waals surface area (Å²) in [7, 11) is -2.25. The van der Waals surface area contributed by atoms with Crippen molar-refractivity contribution in [3.05, 3.63) is 53.9 Å². The quantitative estimate of drug-likeness (QED) is 0.371. The molecule has 0 N–H and O–H groups in total. The number of imidazole rings is 1. The number of ether oxygens (including phenoxy) is 2. The zero-order valence-corrected chi connectivity index (χ0v) is 19.7. The molecule has 1 aromatic carbocycles. The van der Waals surface area contributed by atoms with Crippen LogP contribution in [0.2, 0.25) is 0 Å². The second kappa shape index (κ2) is 9.13. The van der Waals surface area contributed by atoms with Gasteiger partial charge in [-0.15, -0.1) is 0 Å². The molecule has 0 aliphatic rings. The largest absolute Gasteiger partial charge is 0.495 e. The fraction of sp³-hybridized carbons (Fsp3) is 0.273. The van der Waals surface area contributed by atoms with Gasteiger partial charge >= 0.3 is 6.18 Å². The summed E-state index contributed by atoms with van der Waals surface area (Å²) in [4.78, 5) is 17.2. The van der Waals surface area contributed by atoms with Gasteiger partial charge in [0.2, 0.25) is 5.88 Å². The summed E-state index contributed by atoms with van der Waals surface area (Å²) in [5.74, 6) is -0.310. The van der Waals surface area contributed by atoms with Crippen molar-refractivity contribution in [3.63, 3.8) is 0 Å². The number of hydrogen-bond acceptors (Lipinski definition) is 8. The fourth-order valence-electron chi connectivity index (χ4n) is 3.52. The first-order chi connectivity index (χ1) is 16.5. The number of nitrogens with zero attached hydrogens (tertiary/aromatic N) is 5. The van der Waals surface area contributed by atoms with Gasteiger partial charge in [0.1, 0.15) is 17.1 Å². The summed E-state index contributed by atoms with van der Waals surface area (Å²) in [6, 6.07) is 8.28. The van der Waals surface area contributed by atoms with Crippen LogP contribution in [0.5, 0.6) is 11.6 Å². The molecular formula is C22H20F3N5O4S. The second-order valence-corrected chi connectivity index (χ2v) is 9.64. The first-order valence-corrected chi connectivity index (χ1v) is 12.3. The van der Waals surface area contributed by atoms with Crippen LogP contribution >= 0.6 is 0 Å². The first-order valence-electron chi connectivity index (χ1n) is 10.3. The molecule has 0 aliphatic heterocycles. The van der Waals surface area contributed by atoms with E-state index in [1.54, 1.807) is 25.1 Å². The van der Waals surface area contributed by atoms with Crippen LogP contribution in [0.25, 0.3) is 28.5 Å². The Kier molecular flexibility index (Phi) is 6.36. The fourth-order valence-corrected chi connectivity index (χ4v) is 4.20. The number of pyridine rings is 1. The molecule has 0 radical (unpaired) electrons. The molecule has 0 aliphatic carbocycles. The number of aromatic nitrogens is 5. The van der Waals surface area contributed by atoms with Gasteiger partial charge in [-0.05, 0) is 25.1 Å². The molecule has 0 saturated carbocycles. The van der Waals surface area contributed by atoms with E-state index in [-0.39, 0.29) is 45.8 Å². The average molecular weight is 507 g/mol. The van der Waals surface area contributed by atoms with E-state index >= 15 is 0 Å². The van der Waals surface area contributed by atoms with Crippen LogP contribution in [0.1, 0.15) is 18.2 Å². The van der Waals surface area contributed by atoms with Crippen molar-refractivity contribution in [3.8, 4) is 28.8 Å². The molecule has 9 nitrogen and oxygen atoms in total. The maximum atomic E-state index is 14.1. The van der Waals surface area contributed by atoms with E-state index in [2.05, 4.69) is 19.9 Å². The molecule has 3 aromatic heterocycles. The molecule has 0 spiro atoms. The lowest BCUT2D eigenvalue weighted by atomic mass is 10.1. The highest BCUT2D eigenvalue weighted by molar-refractivity contribution is 7.89. The number of sulfone groups is 1. The highest BCUT2D eigenvalue weighted by atomic mass is 32.2. The van der Waals surface area contributed by atoms with Gasteiger partial charge in [0.25, 0.3) is 0 Å². The van der Waals surface area contributed by atoms with E-state index in [1.807, 2.05) is 0 Å². The minimum absolute atomic E-state index is 0.0000976. The minimum atomic E-state index is -4.75. The average Bonchev–Trinajstić information content (AvgIpc) is 3.15. The summed E-state index contributed by atoms with van der Waals surface area (Å²) in [5, 5.41) is 0. The van der Waals surface area contributed by atoms with Crippen molar-refractivity contribution in [2.75, 3.05) is 20.0 Å². The molecule has 0 bridgehead atoms. The zero-order valence-electron chi connectivity index (χ0n) is 18.9. The molecule has 0 atom stereocenters. The lowest BCUT2D eigenvalue weighted by Crippen LogP contribution is -2.14. The van der Waals surface area contributed by atoms with E-state index in [4.69, 9.17) is 9.47 Å². The number of alkyl halides is 3. The third-order valence-electron chi connectivity index (χ3n) is 4.82. The van der Waals surface area contributed by atoms with Crippen molar-refractivity contribution in [1.29, 1.82) is 0 Å².